The minimum absolute atomic E-state index is 0.227. The van der Waals surface area contributed by atoms with Gasteiger partial charge in [0.05, 0.1) is 22.6 Å². The van der Waals surface area contributed by atoms with Gasteiger partial charge in [0.25, 0.3) is 5.91 Å². The lowest BCUT2D eigenvalue weighted by atomic mass is 10.0. The second-order valence-electron chi connectivity index (χ2n) is 4.81. The van der Waals surface area contributed by atoms with E-state index < -0.39 is 17.9 Å². The summed E-state index contributed by atoms with van der Waals surface area (Å²) >= 11 is 6.22. The minimum Gasteiger partial charge on any atom is -0.548 e. The third-order valence-corrected chi connectivity index (χ3v) is 4.27. The number of nitrogens with zero attached hydrogens (tertiary/aromatic N) is 2. The second-order valence-corrected chi connectivity index (χ2v) is 6.49. The first kappa shape index (κ1) is 15.7. The van der Waals surface area contributed by atoms with Crippen LogP contribution in [0.15, 0.2) is 29.3 Å². The van der Waals surface area contributed by atoms with Crippen LogP contribution in [0.3, 0.4) is 0 Å². The Hall–Kier alpha value is -1.73. The molecule has 0 radical (unpaired) electrons. The van der Waals surface area contributed by atoms with Gasteiger partial charge in [-0.2, -0.15) is 0 Å². The molecule has 1 amide bonds. The van der Waals surface area contributed by atoms with Crippen molar-refractivity contribution < 1.29 is 14.7 Å². The van der Waals surface area contributed by atoms with Gasteiger partial charge in [0, 0.05) is 6.20 Å². The number of carbonyl (C=O) groups excluding carboxylic acids is 2. The normalized spacial score (nSPS) is 18.6. The standard InChI is InChI=1S/C14H14N2O3S2/c1-8(2)11(13(18)19)16-12(17)10(21-14(16)20)7-9-5-3-4-6-15-9/h3-8,11H,1-2H3,(H,18,19)/p-1/b10-7+/t11-/m0/s1. The average Bonchev–Trinajstić information content (AvgIpc) is 2.67. The van der Waals surface area contributed by atoms with Crippen molar-refractivity contribution in [3.8, 4) is 0 Å². The molecule has 0 unspecified atom stereocenters. The van der Waals surface area contributed by atoms with Gasteiger partial charge in [0.2, 0.25) is 0 Å². The summed E-state index contributed by atoms with van der Waals surface area (Å²) in [6.45, 7) is 3.42. The van der Waals surface area contributed by atoms with E-state index in [1.807, 2.05) is 0 Å². The third kappa shape index (κ3) is 3.30. The summed E-state index contributed by atoms with van der Waals surface area (Å²) in [5.41, 5.74) is 0.618. The van der Waals surface area contributed by atoms with Crippen LogP contribution in [-0.4, -0.2) is 32.1 Å². The van der Waals surface area contributed by atoms with Gasteiger partial charge in [-0.05, 0) is 24.1 Å². The van der Waals surface area contributed by atoms with Gasteiger partial charge in [-0.25, -0.2) is 0 Å². The van der Waals surface area contributed by atoms with Gasteiger partial charge in [-0.1, -0.05) is 43.9 Å². The van der Waals surface area contributed by atoms with Crippen molar-refractivity contribution in [2.45, 2.75) is 19.9 Å². The summed E-state index contributed by atoms with van der Waals surface area (Å²) in [6, 6.07) is 4.27. The minimum atomic E-state index is -1.31. The number of hydrogen-bond acceptors (Lipinski definition) is 6. The van der Waals surface area contributed by atoms with Crippen LogP contribution in [0.5, 0.6) is 0 Å². The highest BCUT2D eigenvalue weighted by Gasteiger charge is 2.39. The molecular formula is C14H13N2O3S2-. The van der Waals surface area contributed by atoms with Crippen LogP contribution in [0.2, 0.25) is 0 Å². The number of amides is 1. The van der Waals surface area contributed by atoms with E-state index in [0.29, 0.717) is 10.6 Å². The largest absolute Gasteiger partial charge is 0.548 e. The van der Waals surface area contributed by atoms with Gasteiger partial charge >= 0.3 is 0 Å². The van der Waals surface area contributed by atoms with Crippen molar-refractivity contribution in [3.63, 3.8) is 0 Å². The van der Waals surface area contributed by atoms with Crippen LogP contribution in [-0.2, 0) is 9.59 Å². The zero-order chi connectivity index (χ0) is 15.6. The number of carboxylic acids is 1. The van der Waals surface area contributed by atoms with Crippen LogP contribution in [0.25, 0.3) is 6.08 Å². The summed E-state index contributed by atoms with van der Waals surface area (Å²) in [5, 5.41) is 11.3. The number of pyridine rings is 1. The molecule has 1 aromatic rings. The van der Waals surface area contributed by atoms with Gasteiger partial charge < -0.3 is 9.90 Å². The van der Waals surface area contributed by atoms with E-state index in [-0.39, 0.29) is 10.2 Å². The number of hydrogen-bond donors (Lipinski definition) is 0. The molecule has 1 atom stereocenters. The molecule has 0 aliphatic carbocycles. The number of rotatable bonds is 4. The number of carbonyl (C=O) groups is 2. The van der Waals surface area contributed by atoms with E-state index in [2.05, 4.69) is 4.98 Å². The van der Waals surface area contributed by atoms with Crippen molar-refractivity contribution in [2.75, 3.05) is 0 Å². The molecule has 1 saturated heterocycles. The average molecular weight is 321 g/mol. The molecule has 0 saturated carbocycles. The van der Waals surface area contributed by atoms with E-state index in [9.17, 15) is 14.7 Å². The van der Waals surface area contributed by atoms with Crippen LogP contribution in [0.4, 0.5) is 0 Å². The molecule has 1 aliphatic heterocycles. The molecule has 2 heterocycles. The van der Waals surface area contributed by atoms with Crippen molar-refractivity contribution in [3.05, 3.63) is 35.0 Å². The Bertz CT molecular complexity index is 614. The summed E-state index contributed by atoms with van der Waals surface area (Å²) in [5.74, 6) is -2.02. The predicted molar refractivity (Wildman–Crippen MR) is 82.9 cm³/mol. The fourth-order valence-electron chi connectivity index (χ4n) is 1.99. The van der Waals surface area contributed by atoms with Gasteiger partial charge in [-0.3, -0.25) is 14.7 Å². The zero-order valence-corrected chi connectivity index (χ0v) is 13.1. The van der Waals surface area contributed by atoms with Crippen molar-refractivity contribution in [1.29, 1.82) is 0 Å². The molecule has 110 valence electrons. The third-order valence-electron chi connectivity index (χ3n) is 2.94. The van der Waals surface area contributed by atoms with Crippen molar-refractivity contribution in [1.82, 2.24) is 9.88 Å². The molecule has 7 heteroatoms. The highest BCUT2D eigenvalue weighted by Crippen LogP contribution is 2.35. The van der Waals surface area contributed by atoms with Crippen LogP contribution >= 0.6 is 24.0 Å². The van der Waals surface area contributed by atoms with Gasteiger partial charge in [-0.15, -0.1) is 0 Å². The lowest BCUT2D eigenvalue weighted by Crippen LogP contribution is -2.52. The van der Waals surface area contributed by atoms with Crippen molar-refractivity contribution in [2.24, 2.45) is 5.92 Å². The Balaban J connectivity index is 2.32. The lowest BCUT2D eigenvalue weighted by molar-refractivity contribution is -0.311. The number of thioether (sulfide) groups is 1. The Morgan fingerprint density at radius 1 is 1.48 bits per heavy atom. The Labute approximate surface area is 132 Å². The molecule has 1 aromatic heterocycles. The highest BCUT2D eigenvalue weighted by molar-refractivity contribution is 8.26. The fraction of sp³-hybridized carbons (Fsp3) is 0.286. The lowest BCUT2D eigenvalue weighted by Gasteiger charge is -2.30. The maximum atomic E-state index is 12.4. The van der Waals surface area contributed by atoms with Crippen LogP contribution in [0.1, 0.15) is 19.5 Å². The monoisotopic (exact) mass is 321 g/mol. The van der Waals surface area contributed by atoms with Crippen LogP contribution in [0, 0.1) is 5.92 Å². The molecule has 1 aliphatic rings. The fourth-order valence-corrected chi connectivity index (χ4v) is 3.31. The number of aliphatic carboxylic acids is 1. The van der Waals surface area contributed by atoms with E-state index in [0.717, 1.165) is 16.7 Å². The summed E-state index contributed by atoms with van der Waals surface area (Å²) < 4.78 is 0.227. The van der Waals surface area contributed by atoms with Gasteiger partial charge in [0.15, 0.2) is 0 Å². The molecule has 21 heavy (non-hydrogen) atoms. The van der Waals surface area contributed by atoms with Crippen LogP contribution < -0.4 is 5.11 Å². The molecule has 5 nitrogen and oxygen atoms in total. The molecule has 0 N–H and O–H groups in total. The first-order valence-electron chi connectivity index (χ1n) is 6.30. The molecule has 1 fully saturated rings. The second kappa shape index (κ2) is 6.36. The van der Waals surface area contributed by atoms with E-state index in [1.165, 1.54) is 0 Å². The zero-order valence-electron chi connectivity index (χ0n) is 11.5. The molecule has 0 spiro atoms. The molecule has 0 bridgehead atoms. The first-order valence-corrected chi connectivity index (χ1v) is 7.53. The first-order chi connectivity index (χ1) is 9.91. The van der Waals surface area contributed by atoms with E-state index >= 15 is 0 Å². The highest BCUT2D eigenvalue weighted by atomic mass is 32.2. The number of thiocarbonyl (C=S) groups is 1. The maximum absolute atomic E-state index is 12.4. The Kier molecular flexibility index (Phi) is 4.74. The van der Waals surface area contributed by atoms with Gasteiger partial charge in [0.1, 0.15) is 4.32 Å². The summed E-state index contributed by atoms with van der Waals surface area (Å²) in [4.78, 5) is 29.3. The maximum Gasteiger partial charge on any atom is 0.266 e. The quantitative estimate of drug-likeness (QED) is 0.610. The van der Waals surface area contributed by atoms with E-state index in [4.69, 9.17) is 12.2 Å². The molecular weight excluding hydrogens is 308 g/mol. The SMILES string of the molecule is CC(C)[C@@H](C(=O)[O-])N1C(=O)/C(=C\c2ccccn2)SC1=S. The molecule has 2 rings (SSSR count). The number of carboxylic acid groups (broad SMARTS) is 1. The molecule has 0 aromatic carbocycles. The van der Waals surface area contributed by atoms with E-state index in [1.54, 1.807) is 44.3 Å². The summed E-state index contributed by atoms with van der Waals surface area (Å²) in [6.07, 6.45) is 3.22. The number of aromatic nitrogens is 1. The smallest absolute Gasteiger partial charge is 0.266 e. The summed E-state index contributed by atoms with van der Waals surface area (Å²) in [7, 11) is 0. The topological polar surface area (TPSA) is 73.3 Å². The Morgan fingerprint density at radius 2 is 2.19 bits per heavy atom. The predicted octanol–water partition coefficient (Wildman–Crippen LogP) is 1.06. The Morgan fingerprint density at radius 3 is 2.71 bits per heavy atom. The van der Waals surface area contributed by atoms with Crippen molar-refractivity contribution >= 4 is 46.3 Å².